The number of aliphatic carboxylic acids is 1. The summed E-state index contributed by atoms with van der Waals surface area (Å²) < 4.78 is 18.4. The van der Waals surface area contributed by atoms with Crippen LogP contribution in [-0.2, 0) is 17.9 Å². The van der Waals surface area contributed by atoms with Crippen molar-refractivity contribution in [1.82, 2.24) is 9.47 Å². The summed E-state index contributed by atoms with van der Waals surface area (Å²) in [6.45, 7) is 0.797. The first-order valence-corrected chi connectivity index (χ1v) is 11.1. The summed E-state index contributed by atoms with van der Waals surface area (Å²) in [4.78, 5) is 25.0. The Labute approximate surface area is 202 Å². The number of hydrogen-bond donors (Lipinski definition) is 1. The quantitative estimate of drug-likeness (QED) is 0.355. The molecule has 0 aliphatic rings. The minimum Gasteiger partial charge on any atom is -0.497 e. The van der Waals surface area contributed by atoms with Gasteiger partial charge in [0.15, 0.2) is 0 Å². The van der Waals surface area contributed by atoms with E-state index in [1.165, 1.54) is 12.5 Å². The fourth-order valence-corrected chi connectivity index (χ4v) is 3.67. The van der Waals surface area contributed by atoms with Crippen molar-refractivity contribution in [3.8, 4) is 17.2 Å². The summed E-state index contributed by atoms with van der Waals surface area (Å²) in [7, 11) is 1.54. The molecule has 180 valence electrons. The van der Waals surface area contributed by atoms with Gasteiger partial charge in [-0.05, 0) is 59.5 Å². The molecule has 0 aliphatic carbocycles. The van der Waals surface area contributed by atoms with Crippen LogP contribution in [0, 0.1) is 0 Å². The molecule has 1 N–H and O–H groups in total. The second-order valence-electron chi connectivity index (χ2n) is 7.85. The molecule has 0 saturated heterocycles. The first-order chi connectivity index (χ1) is 17.0. The molecule has 8 heteroatoms. The van der Waals surface area contributed by atoms with Gasteiger partial charge in [-0.2, -0.15) is 0 Å². The SMILES string of the molecule is COc1ccc(OC(=O)N(CC(=O)O)Cc2ccc(OCCn3ccc4ccccc43)cc2)cc1. The second kappa shape index (κ2) is 11.1. The van der Waals surface area contributed by atoms with Crippen LogP contribution in [-0.4, -0.2) is 46.9 Å². The van der Waals surface area contributed by atoms with E-state index in [0.717, 1.165) is 16.0 Å². The topological polar surface area (TPSA) is 90.2 Å². The highest BCUT2D eigenvalue weighted by atomic mass is 16.6. The highest BCUT2D eigenvalue weighted by Crippen LogP contribution is 2.20. The van der Waals surface area contributed by atoms with Gasteiger partial charge >= 0.3 is 12.1 Å². The van der Waals surface area contributed by atoms with Gasteiger partial charge in [0.1, 0.15) is 30.4 Å². The average molecular weight is 475 g/mol. The summed E-state index contributed by atoms with van der Waals surface area (Å²) in [5, 5.41) is 10.4. The summed E-state index contributed by atoms with van der Waals surface area (Å²) in [6.07, 6.45) is 1.29. The molecule has 1 amide bonds. The number of nitrogens with zero attached hydrogens (tertiary/aromatic N) is 2. The van der Waals surface area contributed by atoms with Crippen LogP contribution in [0.15, 0.2) is 85.1 Å². The number of carboxylic acid groups (broad SMARTS) is 1. The molecule has 4 aromatic rings. The highest BCUT2D eigenvalue weighted by molar-refractivity contribution is 5.80. The van der Waals surface area contributed by atoms with Gasteiger partial charge in [0.05, 0.1) is 13.7 Å². The highest BCUT2D eigenvalue weighted by Gasteiger charge is 2.19. The molecule has 35 heavy (non-hydrogen) atoms. The molecule has 8 nitrogen and oxygen atoms in total. The number of para-hydroxylation sites is 1. The summed E-state index contributed by atoms with van der Waals surface area (Å²) >= 11 is 0. The van der Waals surface area contributed by atoms with E-state index in [1.807, 2.05) is 18.3 Å². The van der Waals surface area contributed by atoms with E-state index in [-0.39, 0.29) is 6.54 Å². The van der Waals surface area contributed by atoms with Crippen molar-refractivity contribution in [2.75, 3.05) is 20.3 Å². The van der Waals surface area contributed by atoms with Crippen LogP contribution in [0.4, 0.5) is 4.79 Å². The van der Waals surface area contributed by atoms with E-state index >= 15 is 0 Å². The largest absolute Gasteiger partial charge is 0.497 e. The van der Waals surface area contributed by atoms with Gasteiger partial charge in [-0.3, -0.25) is 9.69 Å². The monoisotopic (exact) mass is 474 g/mol. The number of amides is 1. The summed E-state index contributed by atoms with van der Waals surface area (Å²) in [5.74, 6) is 0.478. The van der Waals surface area contributed by atoms with Crippen molar-refractivity contribution in [2.45, 2.75) is 13.1 Å². The fraction of sp³-hybridized carbons (Fsp3) is 0.185. The zero-order valence-electron chi connectivity index (χ0n) is 19.3. The van der Waals surface area contributed by atoms with Crippen molar-refractivity contribution >= 4 is 23.0 Å². The lowest BCUT2D eigenvalue weighted by Gasteiger charge is -2.20. The smallest absolute Gasteiger partial charge is 0.416 e. The Hall–Kier alpha value is -4.46. The Morgan fingerprint density at radius 1 is 0.886 bits per heavy atom. The molecule has 1 heterocycles. The molecule has 0 spiro atoms. The maximum absolute atomic E-state index is 12.6. The molecule has 0 unspecified atom stereocenters. The number of fused-ring (bicyclic) bond motifs is 1. The zero-order chi connectivity index (χ0) is 24.6. The van der Waals surface area contributed by atoms with E-state index in [0.29, 0.717) is 30.4 Å². The Kier molecular flexibility index (Phi) is 7.52. The van der Waals surface area contributed by atoms with E-state index in [2.05, 4.69) is 22.8 Å². The molecule has 4 rings (SSSR count). The van der Waals surface area contributed by atoms with Crippen LogP contribution in [0.2, 0.25) is 0 Å². The number of ether oxygens (including phenoxy) is 3. The molecule has 0 saturated carbocycles. The van der Waals surface area contributed by atoms with Gasteiger partial charge < -0.3 is 23.9 Å². The van der Waals surface area contributed by atoms with Crippen LogP contribution in [0.1, 0.15) is 5.56 Å². The second-order valence-corrected chi connectivity index (χ2v) is 7.85. The van der Waals surface area contributed by atoms with Crippen molar-refractivity contribution in [3.05, 3.63) is 90.6 Å². The predicted molar refractivity (Wildman–Crippen MR) is 131 cm³/mol. The number of benzene rings is 3. The first kappa shape index (κ1) is 23.7. The molecule has 0 radical (unpaired) electrons. The van der Waals surface area contributed by atoms with Crippen LogP contribution in [0.5, 0.6) is 17.2 Å². The first-order valence-electron chi connectivity index (χ1n) is 11.1. The van der Waals surface area contributed by atoms with Gasteiger partial charge in [0.2, 0.25) is 0 Å². The van der Waals surface area contributed by atoms with E-state index in [1.54, 1.807) is 48.5 Å². The molecule has 0 aliphatic heterocycles. The van der Waals surface area contributed by atoms with Gasteiger partial charge in [-0.1, -0.05) is 30.3 Å². The Morgan fingerprint density at radius 3 is 2.29 bits per heavy atom. The van der Waals surface area contributed by atoms with Crippen LogP contribution < -0.4 is 14.2 Å². The molecule has 0 atom stereocenters. The van der Waals surface area contributed by atoms with Gasteiger partial charge in [-0.25, -0.2) is 4.79 Å². The summed E-state index contributed by atoms with van der Waals surface area (Å²) in [6, 6.07) is 23.9. The van der Waals surface area contributed by atoms with E-state index in [4.69, 9.17) is 14.2 Å². The number of hydrogen-bond acceptors (Lipinski definition) is 5. The maximum Gasteiger partial charge on any atom is 0.416 e. The summed E-state index contributed by atoms with van der Waals surface area (Å²) in [5.41, 5.74) is 1.91. The predicted octanol–water partition coefficient (Wildman–Crippen LogP) is 4.81. The minimum atomic E-state index is -1.13. The number of carbonyl (C=O) groups is 2. The van der Waals surface area contributed by atoms with Crippen molar-refractivity contribution in [1.29, 1.82) is 0 Å². The molecule has 0 fully saturated rings. The molecular weight excluding hydrogens is 448 g/mol. The normalized spacial score (nSPS) is 10.7. The lowest BCUT2D eigenvalue weighted by atomic mass is 10.2. The van der Waals surface area contributed by atoms with Gasteiger partial charge in [0, 0.05) is 18.3 Å². The van der Waals surface area contributed by atoms with Gasteiger partial charge in [0.25, 0.3) is 0 Å². The van der Waals surface area contributed by atoms with Crippen molar-refractivity contribution < 1.29 is 28.9 Å². The number of aromatic nitrogens is 1. The maximum atomic E-state index is 12.6. The minimum absolute atomic E-state index is 0.0803. The number of rotatable bonds is 10. The Bertz CT molecular complexity index is 1280. The third kappa shape index (κ3) is 6.32. The number of carbonyl (C=O) groups excluding carboxylic acids is 1. The van der Waals surface area contributed by atoms with Crippen molar-refractivity contribution in [3.63, 3.8) is 0 Å². The standard InChI is InChI=1S/C27H26N2O6/c1-33-22-10-12-24(13-11-22)35-27(32)29(19-26(30)31)18-20-6-8-23(9-7-20)34-17-16-28-15-14-21-4-2-3-5-25(21)28/h2-15H,16-19H2,1H3,(H,30,31). The number of carboxylic acids is 1. The fourth-order valence-electron chi connectivity index (χ4n) is 3.67. The van der Waals surface area contributed by atoms with Crippen molar-refractivity contribution in [2.24, 2.45) is 0 Å². The lowest BCUT2D eigenvalue weighted by molar-refractivity contribution is -0.138. The molecule has 0 bridgehead atoms. The van der Waals surface area contributed by atoms with Gasteiger partial charge in [-0.15, -0.1) is 0 Å². The molecule has 3 aromatic carbocycles. The Morgan fingerprint density at radius 2 is 1.57 bits per heavy atom. The zero-order valence-corrected chi connectivity index (χ0v) is 19.3. The Balaban J connectivity index is 1.33. The van der Waals surface area contributed by atoms with Crippen LogP contribution >= 0.6 is 0 Å². The third-order valence-electron chi connectivity index (χ3n) is 5.43. The third-order valence-corrected chi connectivity index (χ3v) is 5.43. The van der Waals surface area contributed by atoms with E-state index in [9.17, 15) is 14.7 Å². The average Bonchev–Trinajstić information content (AvgIpc) is 3.28. The van der Waals surface area contributed by atoms with Crippen LogP contribution in [0.3, 0.4) is 0 Å². The molecular formula is C27H26N2O6. The van der Waals surface area contributed by atoms with Crippen LogP contribution in [0.25, 0.3) is 10.9 Å². The van der Waals surface area contributed by atoms with E-state index < -0.39 is 18.6 Å². The number of methoxy groups -OCH3 is 1. The molecule has 1 aromatic heterocycles. The lowest BCUT2D eigenvalue weighted by Crippen LogP contribution is -2.37.